The third-order valence-electron chi connectivity index (χ3n) is 4.52. The van der Waals surface area contributed by atoms with Crippen LogP contribution in [0.25, 0.3) is 10.8 Å². The van der Waals surface area contributed by atoms with Crippen LogP contribution < -0.4 is 4.74 Å². The molecular formula is C23H13F9O. The molecule has 0 fully saturated rings. The quantitative estimate of drug-likeness (QED) is 0.276. The second-order valence-electron chi connectivity index (χ2n) is 6.99. The minimum atomic E-state index is -5.00. The molecule has 0 bridgehead atoms. The van der Waals surface area contributed by atoms with Crippen LogP contribution in [0.5, 0.6) is 5.75 Å². The number of alkyl halides is 5. The van der Waals surface area contributed by atoms with Crippen molar-refractivity contribution in [1.82, 2.24) is 0 Å². The van der Waals surface area contributed by atoms with Gasteiger partial charge in [-0.25, -0.2) is 17.6 Å². The van der Waals surface area contributed by atoms with Crippen LogP contribution in [-0.2, 0) is 12.5 Å². The van der Waals surface area contributed by atoms with Crippen molar-refractivity contribution in [3.05, 3.63) is 76.4 Å². The first kappa shape index (κ1) is 24.3. The second kappa shape index (κ2) is 8.89. The molecule has 0 amide bonds. The fraction of sp³-hybridized carbons (Fsp3) is 0.217. The van der Waals surface area contributed by atoms with Gasteiger partial charge in [-0.15, -0.1) is 0 Å². The summed E-state index contributed by atoms with van der Waals surface area (Å²) in [6.45, 7) is 1.76. The second-order valence-corrected chi connectivity index (χ2v) is 6.99. The van der Waals surface area contributed by atoms with Crippen molar-refractivity contribution in [3.8, 4) is 17.6 Å². The summed E-state index contributed by atoms with van der Waals surface area (Å²) in [6.07, 6.45) is -8.45. The minimum absolute atomic E-state index is 0.240. The molecule has 0 atom stereocenters. The molecule has 0 saturated carbocycles. The number of benzene rings is 3. The Morgan fingerprint density at radius 2 is 1.48 bits per heavy atom. The van der Waals surface area contributed by atoms with E-state index in [9.17, 15) is 39.5 Å². The van der Waals surface area contributed by atoms with Crippen molar-refractivity contribution in [2.45, 2.75) is 32.1 Å². The molecule has 0 aliphatic rings. The molecule has 0 N–H and O–H groups in total. The van der Waals surface area contributed by atoms with Gasteiger partial charge < -0.3 is 4.74 Å². The normalized spacial score (nSPS) is 11.9. The summed E-state index contributed by atoms with van der Waals surface area (Å²) in [5.41, 5.74) is -1.95. The summed E-state index contributed by atoms with van der Waals surface area (Å²) in [7, 11) is 0. The van der Waals surface area contributed by atoms with Crippen molar-refractivity contribution in [2.75, 3.05) is 0 Å². The summed E-state index contributed by atoms with van der Waals surface area (Å²) in [4.78, 5) is 0. The highest BCUT2D eigenvalue weighted by Crippen LogP contribution is 2.37. The van der Waals surface area contributed by atoms with Crippen molar-refractivity contribution in [3.63, 3.8) is 0 Å². The molecule has 0 spiro atoms. The van der Waals surface area contributed by atoms with Gasteiger partial charge in [0, 0.05) is 11.3 Å². The lowest BCUT2D eigenvalue weighted by Gasteiger charge is -2.20. The highest BCUT2D eigenvalue weighted by molar-refractivity contribution is 5.85. The maximum absolute atomic E-state index is 14.6. The van der Waals surface area contributed by atoms with Crippen molar-refractivity contribution < 1.29 is 44.3 Å². The summed E-state index contributed by atoms with van der Waals surface area (Å²) in [6, 6.07) is 4.18. The van der Waals surface area contributed by atoms with Crippen LogP contribution in [-0.4, -0.2) is 6.18 Å². The zero-order valence-electron chi connectivity index (χ0n) is 16.7. The van der Waals surface area contributed by atoms with Gasteiger partial charge in [-0.3, -0.25) is 0 Å². The number of rotatable bonds is 5. The van der Waals surface area contributed by atoms with E-state index in [4.69, 9.17) is 0 Å². The molecule has 3 aromatic carbocycles. The lowest BCUT2D eigenvalue weighted by molar-refractivity contribution is -0.188. The van der Waals surface area contributed by atoms with E-state index in [1.165, 1.54) is 5.92 Å². The van der Waals surface area contributed by atoms with Crippen LogP contribution in [0.4, 0.5) is 39.5 Å². The van der Waals surface area contributed by atoms with Crippen LogP contribution in [0.2, 0.25) is 0 Å². The summed E-state index contributed by atoms with van der Waals surface area (Å²) in [5, 5.41) is -0.953. The van der Waals surface area contributed by atoms with Gasteiger partial charge in [-0.2, -0.15) is 22.0 Å². The van der Waals surface area contributed by atoms with E-state index in [1.54, 1.807) is 6.92 Å². The average molecular weight is 476 g/mol. The van der Waals surface area contributed by atoms with E-state index in [2.05, 4.69) is 4.74 Å². The predicted octanol–water partition coefficient (Wildman–Crippen LogP) is 7.39. The van der Waals surface area contributed by atoms with Gasteiger partial charge >= 0.3 is 12.3 Å². The maximum Gasteiger partial charge on any atom is 0.458 e. The fourth-order valence-electron chi connectivity index (χ4n) is 3.09. The Morgan fingerprint density at radius 3 is 2.06 bits per heavy atom. The minimum Gasteiger partial charge on any atom is -0.423 e. The highest BCUT2D eigenvalue weighted by atomic mass is 19.4. The Balaban J connectivity index is 2.01. The summed E-state index contributed by atoms with van der Waals surface area (Å²) in [5.74, 6) is -4.99. The van der Waals surface area contributed by atoms with Crippen LogP contribution in [0.1, 0.15) is 30.0 Å². The SMILES string of the molecule is CCCc1cc(F)c(OC(F)(F)c2ccc3c(F)c(C#CC(F)(F)F)c(F)cc3c2)c(F)c1. The van der Waals surface area contributed by atoms with Gasteiger partial charge in [0.25, 0.3) is 0 Å². The Morgan fingerprint density at radius 1 is 0.848 bits per heavy atom. The van der Waals surface area contributed by atoms with Crippen LogP contribution in [0, 0.1) is 35.1 Å². The molecule has 10 heteroatoms. The van der Waals surface area contributed by atoms with Gasteiger partial charge in [0.2, 0.25) is 0 Å². The molecule has 1 nitrogen and oxygen atoms in total. The van der Waals surface area contributed by atoms with E-state index in [0.29, 0.717) is 31.0 Å². The van der Waals surface area contributed by atoms with E-state index < -0.39 is 63.2 Å². The topological polar surface area (TPSA) is 9.23 Å². The first-order valence-corrected chi connectivity index (χ1v) is 9.39. The van der Waals surface area contributed by atoms with Crippen LogP contribution >= 0.6 is 0 Å². The van der Waals surface area contributed by atoms with Crippen molar-refractivity contribution >= 4 is 10.8 Å². The molecule has 0 radical (unpaired) electrons. The zero-order chi connectivity index (χ0) is 24.6. The molecule has 3 aromatic rings. The number of ether oxygens (including phenoxy) is 1. The number of fused-ring (bicyclic) bond motifs is 1. The third kappa shape index (κ3) is 5.35. The monoisotopic (exact) mass is 476 g/mol. The highest BCUT2D eigenvalue weighted by Gasteiger charge is 2.37. The van der Waals surface area contributed by atoms with Crippen molar-refractivity contribution in [2.24, 2.45) is 0 Å². The molecular weight excluding hydrogens is 463 g/mol. The summed E-state index contributed by atoms with van der Waals surface area (Å²) >= 11 is 0. The van der Waals surface area contributed by atoms with Gasteiger partial charge in [0.15, 0.2) is 17.4 Å². The smallest absolute Gasteiger partial charge is 0.423 e. The van der Waals surface area contributed by atoms with Crippen LogP contribution in [0.15, 0.2) is 36.4 Å². The van der Waals surface area contributed by atoms with Crippen molar-refractivity contribution in [1.29, 1.82) is 0 Å². The van der Waals surface area contributed by atoms with E-state index >= 15 is 0 Å². The van der Waals surface area contributed by atoms with Crippen LogP contribution in [0.3, 0.4) is 0 Å². The van der Waals surface area contributed by atoms with Gasteiger partial charge in [-0.1, -0.05) is 25.3 Å². The van der Waals surface area contributed by atoms with Gasteiger partial charge in [-0.05, 0) is 47.7 Å². The molecule has 0 heterocycles. The predicted molar refractivity (Wildman–Crippen MR) is 102 cm³/mol. The third-order valence-corrected chi connectivity index (χ3v) is 4.52. The molecule has 3 rings (SSSR count). The number of halogens is 9. The van der Waals surface area contributed by atoms with E-state index in [0.717, 1.165) is 24.1 Å². The van der Waals surface area contributed by atoms with Gasteiger partial charge in [0.1, 0.15) is 11.6 Å². The molecule has 0 aliphatic heterocycles. The summed E-state index contributed by atoms with van der Waals surface area (Å²) < 4.78 is 127. The molecule has 0 unspecified atom stereocenters. The molecule has 0 aliphatic carbocycles. The lowest BCUT2D eigenvalue weighted by Crippen LogP contribution is -2.23. The first-order chi connectivity index (χ1) is 15.3. The van der Waals surface area contributed by atoms with E-state index in [-0.39, 0.29) is 5.56 Å². The average Bonchev–Trinajstić information content (AvgIpc) is 2.69. The van der Waals surface area contributed by atoms with E-state index in [1.807, 2.05) is 0 Å². The Hall–Kier alpha value is -3.35. The standard InChI is InChI=1S/C23H13F9O/c1-2-3-12-8-18(25)21(19(26)9-12)33-23(31,32)14-4-5-15-13(10-14)11-17(24)16(20(15)27)6-7-22(28,29)30/h4-5,8-11H,2-3H2,1H3. The zero-order valence-corrected chi connectivity index (χ0v) is 16.7. The Labute approximate surface area is 181 Å². The Bertz CT molecular complexity index is 1240. The van der Waals surface area contributed by atoms with Gasteiger partial charge in [0.05, 0.1) is 11.1 Å². The molecule has 0 saturated heterocycles. The maximum atomic E-state index is 14.6. The molecule has 0 aromatic heterocycles. The number of hydrogen-bond donors (Lipinski definition) is 0. The lowest BCUT2D eigenvalue weighted by atomic mass is 10.0. The number of aryl methyl sites for hydroxylation is 1. The fourth-order valence-corrected chi connectivity index (χ4v) is 3.09. The molecule has 174 valence electrons. The molecule has 33 heavy (non-hydrogen) atoms. The largest absolute Gasteiger partial charge is 0.458 e. The number of hydrogen-bond acceptors (Lipinski definition) is 1. The first-order valence-electron chi connectivity index (χ1n) is 9.39. The Kier molecular flexibility index (Phi) is 6.54.